The minimum Gasteiger partial charge on any atom is -0.294 e. The topological polar surface area (TPSA) is 34.1 Å². The Morgan fingerprint density at radius 2 is 1.14 bits per heavy atom. The first-order chi connectivity index (χ1) is 18.0. The number of carbonyl (C=O) groups is 2. The summed E-state index contributed by atoms with van der Waals surface area (Å²) >= 11 is 5.83. The number of carbonyl (C=O) groups excluding carboxylic acids is 2. The summed E-state index contributed by atoms with van der Waals surface area (Å²) in [7, 11) is 0. The normalized spacial score (nSPS) is 13.8. The molecule has 0 saturated carbocycles. The zero-order chi connectivity index (χ0) is 26.0. The lowest BCUT2D eigenvalue weighted by Gasteiger charge is -2.15. The van der Waals surface area contributed by atoms with Crippen LogP contribution in [-0.2, 0) is 12.8 Å². The van der Waals surface area contributed by atoms with Crippen LogP contribution in [0.3, 0.4) is 0 Å². The Labute approximate surface area is 227 Å². The second-order valence-corrected chi connectivity index (χ2v) is 10.6. The molecule has 0 aromatic heterocycles. The van der Waals surface area contributed by atoms with E-state index in [1.807, 2.05) is 54.6 Å². The van der Waals surface area contributed by atoms with E-state index in [0.717, 1.165) is 41.7 Å². The van der Waals surface area contributed by atoms with Crippen LogP contribution in [0.15, 0.2) is 112 Å². The number of fused-ring (bicyclic) bond motifs is 2. The van der Waals surface area contributed by atoms with E-state index in [4.69, 9.17) is 0 Å². The lowest BCUT2D eigenvalue weighted by atomic mass is 9.91. The number of hydrogen-bond donors (Lipinski definition) is 1. The van der Waals surface area contributed by atoms with Crippen molar-refractivity contribution in [2.45, 2.75) is 53.2 Å². The van der Waals surface area contributed by atoms with Gasteiger partial charge >= 0.3 is 0 Å². The molecule has 2 aliphatic rings. The zero-order valence-electron chi connectivity index (χ0n) is 20.5. The minimum atomic E-state index is -0.247. The second kappa shape index (κ2) is 13.4. The molecule has 0 spiro atoms. The summed E-state index contributed by atoms with van der Waals surface area (Å²) in [5.41, 5.74) is 3.72. The first-order valence-electron chi connectivity index (χ1n) is 12.4. The number of ketones is 2. The van der Waals surface area contributed by atoms with Gasteiger partial charge in [-0.1, -0.05) is 54.2 Å². The van der Waals surface area contributed by atoms with E-state index in [9.17, 15) is 14.0 Å². The highest BCUT2D eigenvalue weighted by Gasteiger charge is 2.17. The van der Waals surface area contributed by atoms with Gasteiger partial charge in [-0.15, -0.1) is 12.6 Å². The summed E-state index contributed by atoms with van der Waals surface area (Å²) in [6, 6.07) is 30.7. The maximum Gasteiger partial charge on any atom is 0.163 e. The Hall–Kier alpha value is -3.15. The monoisotopic (exact) mass is 528 g/mol. The molecule has 37 heavy (non-hydrogen) atoms. The van der Waals surface area contributed by atoms with Gasteiger partial charge in [0.25, 0.3) is 0 Å². The van der Waals surface area contributed by atoms with Gasteiger partial charge in [0.05, 0.1) is 0 Å². The van der Waals surface area contributed by atoms with E-state index in [2.05, 4.69) is 36.9 Å². The minimum absolute atomic E-state index is 0.149. The predicted molar refractivity (Wildman–Crippen MR) is 152 cm³/mol. The molecule has 0 bridgehead atoms. The Balaban J connectivity index is 0.000000144. The quantitative estimate of drug-likeness (QED) is 0.264. The smallest absolute Gasteiger partial charge is 0.163 e. The predicted octanol–water partition coefficient (Wildman–Crippen LogP) is 8.68. The van der Waals surface area contributed by atoms with E-state index in [0.29, 0.717) is 24.2 Å². The summed E-state index contributed by atoms with van der Waals surface area (Å²) in [6.45, 7) is 0. The van der Waals surface area contributed by atoms with Crippen molar-refractivity contribution >= 4 is 36.0 Å². The molecule has 2 nitrogen and oxygen atoms in total. The van der Waals surface area contributed by atoms with Crippen molar-refractivity contribution < 1.29 is 14.0 Å². The number of benzene rings is 4. The fourth-order valence-corrected chi connectivity index (χ4v) is 5.43. The van der Waals surface area contributed by atoms with Crippen molar-refractivity contribution in [2.24, 2.45) is 0 Å². The number of aryl methyl sites for hydroxylation is 2. The molecule has 0 radical (unpaired) electrons. The highest BCUT2D eigenvalue weighted by Crippen LogP contribution is 2.31. The SMILES string of the molecule is O=C1CCCc2cc(F)ccc21.O=C1CCCc2cc(Sc3ccccc3)ccc21.Sc1ccccc1. The lowest BCUT2D eigenvalue weighted by Crippen LogP contribution is -2.10. The highest BCUT2D eigenvalue weighted by molar-refractivity contribution is 7.99. The third-order valence-corrected chi connectivity index (χ3v) is 7.48. The molecule has 0 fully saturated rings. The first-order valence-corrected chi connectivity index (χ1v) is 13.7. The molecular formula is C32H29FO2S2. The second-order valence-electron chi connectivity index (χ2n) is 8.92. The summed E-state index contributed by atoms with van der Waals surface area (Å²) in [5, 5.41) is 0. The maximum atomic E-state index is 12.7. The molecule has 6 rings (SSSR count). The van der Waals surface area contributed by atoms with Crippen LogP contribution in [0.2, 0.25) is 0 Å². The van der Waals surface area contributed by atoms with E-state index >= 15 is 0 Å². The lowest BCUT2D eigenvalue weighted by molar-refractivity contribution is 0.0964. The number of hydrogen-bond acceptors (Lipinski definition) is 4. The van der Waals surface area contributed by atoms with Crippen LogP contribution in [0.5, 0.6) is 0 Å². The molecule has 0 heterocycles. The van der Waals surface area contributed by atoms with E-state index < -0.39 is 0 Å². The molecular weight excluding hydrogens is 499 g/mol. The van der Waals surface area contributed by atoms with Gasteiger partial charge in [0, 0.05) is 38.7 Å². The summed E-state index contributed by atoms with van der Waals surface area (Å²) in [4.78, 5) is 26.5. The van der Waals surface area contributed by atoms with Crippen molar-refractivity contribution in [3.63, 3.8) is 0 Å². The molecule has 0 amide bonds. The van der Waals surface area contributed by atoms with Crippen LogP contribution in [0.1, 0.15) is 57.5 Å². The third-order valence-electron chi connectivity index (χ3n) is 6.18. The molecule has 188 valence electrons. The van der Waals surface area contributed by atoms with Gasteiger partial charge in [0.1, 0.15) is 5.82 Å². The number of thiol groups is 1. The van der Waals surface area contributed by atoms with Gasteiger partial charge in [-0.25, -0.2) is 4.39 Å². The molecule has 2 aliphatic carbocycles. The van der Waals surface area contributed by atoms with Crippen LogP contribution < -0.4 is 0 Å². The maximum absolute atomic E-state index is 12.7. The van der Waals surface area contributed by atoms with Crippen LogP contribution in [0, 0.1) is 5.82 Å². The van der Waals surface area contributed by atoms with Crippen molar-refractivity contribution in [2.75, 3.05) is 0 Å². The molecule has 0 aliphatic heterocycles. The van der Waals surface area contributed by atoms with Gasteiger partial charge in [0.2, 0.25) is 0 Å². The highest BCUT2D eigenvalue weighted by atomic mass is 32.2. The van der Waals surface area contributed by atoms with Crippen molar-refractivity contribution in [1.29, 1.82) is 0 Å². The van der Waals surface area contributed by atoms with E-state index in [1.54, 1.807) is 17.8 Å². The van der Waals surface area contributed by atoms with Crippen LogP contribution >= 0.6 is 24.4 Å². The molecule has 0 N–H and O–H groups in total. The molecule has 4 aromatic carbocycles. The van der Waals surface area contributed by atoms with E-state index in [-0.39, 0.29) is 11.6 Å². The summed E-state index contributed by atoms with van der Waals surface area (Å²) < 4.78 is 12.7. The summed E-state index contributed by atoms with van der Waals surface area (Å²) in [6.07, 6.45) is 5.03. The van der Waals surface area contributed by atoms with Crippen LogP contribution in [-0.4, -0.2) is 11.6 Å². The Morgan fingerprint density at radius 1 is 0.595 bits per heavy atom. The number of Topliss-reactive ketones (excluding diaryl/α,β-unsaturated/α-hetero) is 2. The van der Waals surface area contributed by atoms with Crippen LogP contribution in [0.4, 0.5) is 4.39 Å². The molecule has 5 heteroatoms. The van der Waals surface area contributed by atoms with Crippen molar-refractivity contribution in [3.8, 4) is 0 Å². The molecule has 0 saturated heterocycles. The Morgan fingerprint density at radius 3 is 1.70 bits per heavy atom. The standard InChI is InChI=1S/C16H14OS.C10H9FO.C6H6S/c17-16-8-4-5-12-11-14(9-10-15(12)16)18-13-6-2-1-3-7-13;11-8-4-5-9-7(6-8)2-1-3-10(9)12;7-6-4-2-1-3-5-6/h1-3,6-7,9-11H,4-5,8H2;4-6H,1-3H2;1-5,7H. The molecule has 4 aromatic rings. The zero-order valence-corrected chi connectivity index (χ0v) is 22.2. The van der Waals surface area contributed by atoms with Gasteiger partial charge in [0.15, 0.2) is 11.6 Å². The Bertz CT molecular complexity index is 1350. The molecule has 0 unspecified atom stereocenters. The van der Waals surface area contributed by atoms with Gasteiger partial charge < -0.3 is 0 Å². The average molecular weight is 529 g/mol. The third kappa shape index (κ3) is 7.91. The van der Waals surface area contributed by atoms with E-state index in [1.165, 1.54) is 27.5 Å². The summed E-state index contributed by atoms with van der Waals surface area (Å²) in [5.74, 6) is 0.201. The molecule has 0 atom stereocenters. The Kier molecular flexibility index (Phi) is 9.75. The van der Waals surface area contributed by atoms with Crippen molar-refractivity contribution in [1.82, 2.24) is 0 Å². The number of rotatable bonds is 2. The average Bonchev–Trinajstić information content (AvgIpc) is 2.91. The van der Waals surface area contributed by atoms with Gasteiger partial charge in [-0.3, -0.25) is 9.59 Å². The first kappa shape index (κ1) is 26.9. The van der Waals surface area contributed by atoms with Gasteiger partial charge in [-0.05, 0) is 91.4 Å². The van der Waals surface area contributed by atoms with Crippen molar-refractivity contribution in [3.05, 3.63) is 125 Å². The van der Waals surface area contributed by atoms with Gasteiger partial charge in [-0.2, -0.15) is 0 Å². The fourth-order valence-electron chi connectivity index (χ4n) is 4.35. The number of halogens is 1. The fraction of sp³-hybridized carbons (Fsp3) is 0.188. The van der Waals surface area contributed by atoms with Crippen LogP contribution in [0.25, 0.3) is 0 Å². The largest absolute Gasteiger partial charge is 0.294 e.